The molecule has 126 valence electrons. The number of rotatable bonds is 6. The number of hydrogen-bond donors (Lipinski definition) is 0. The Morgan fingerprint density at radius 1 is 1.12 bits per heavy atom. The van der Waals surface area contributed by atoms with Gasteiger partial charge in [0, 0.05) is 24.8 Å². The molecule has 4 nitrogen and oxygen atoms in total. The summed E-state index contributed by atoms with van der Waals surface area (Å²) in [6.45, 7) is 5.38. The Morgan fingerprint density at radius 3 is 2.62 bits per heavy atom. The van der Waals surface area contributed by atoms with E-state index in [2.05, 4.69) is 42.9 Å². The second-order valence-corrected chi connectivity index (χ2v) is 7.75. The third-order valence-electron chi connectivity index (χ3n) is 3.96. The van der Waals surface area contributed by atoms with E-state index in [-0.39, 0.29) is 0 Å². The molecule has 0 amide bonds. The van der Waals surface area contributed by atoms with Crippen LogP contribution in [-0.2, 0) is 17.1 Å². The fourth-order valence-electron chi connectivity index (χ4n) is 2.95. The molecule has 5 heteroatoms. The topological polar surface area (TPSA) is 44.1 Å². The normalized spacial score (nSPS) is 12.7. The molecular formula is C19H23N3OS. The number of anilines is 1. The van der Waals surface area contributed by atoms with Crippen LogP contribution in [0.1, 0.15) is 19.4 Å². The Morgan fingerprint density at radius 2 is 1.83 bits per heavy atom. The highest BCUT2D eigenvalue weighted by atomic mass is 32.2. The average molecular weight is 341 g/mol. The Hall–Kier alpha value is -1.98. The van der Waals surface area contributed by atoms with E-state index in [0.717, 1.165) is 28.8 Å². The summed E-state index contributed by atoms with van der Waals surface area (Å²) in [5.74, 6) is 1.05. The van der Waals surface area contributed by atoms with Crippen LogP contribution in [-0.4, -0.2) is 27.1 Å². The van der Waals surface area contributed by atoms with Crippen molar-refractivity contribution in [1.29, 1.82) is 0 Å². The summed E-state index contributed by atoms with van der Waals surface area (Å²) in [6, 6.07) is 16.0. The zero-order valence-corrected chi connectivity index (χ0v) is 15.2. The van der Waals surface area contributed by atoms with Gasteiger partial charge in [-0.2, -0.15) is 3.97 Å². The predicted molar refractivity (Wildman–Crippen MR) is 102 cm³/mol. The summed E-state index contributed by atoms with van der Waals surface area (Å²) in [6.07, 6.45) is 1.67. The molecule has 24 heavy (non-hydrogen) atoms. The third kappa shape index (κ3) is 3.57. The summed E-state index contributed by atoms with van der Waals surface area (Å²) in [4.78, 5) is 6.58. The first kappa shape index (κ1) is 16.9. The van der Waals surface area contributed by atoms with Crippen LogP contribution in [0.5, 0.6) is 0 Å². The average Bonchev–Trinajstić information content (AvgIpc) is 2.98. The minimum atomic E-state index is -1.19. The molecule has 1 heterocycles. The van der Waals surface area contributed by atoms with E-state index in [1.54, 1.807) is 10.3 Å². The highest BCUT2D eigenvalue weighted by molar-refractivity contribution is 7.89. The number of fused-ring (bicyclic) bond motifs is 1. The lowest BCUT2D eigenvalue weighted by molar-refractivity contribution is 0.586. The molecule has 1 atom stereocenters. The summed E-state index contributed by atoms with van der Waals surface area (Å²) in [7, 11) is 2.09. The molecule has 0 saturated heterocycles. The Kier molecular flexibility index (Phi) is 5.11. The van der Waals surface area contributed by atoms with Crippen LogP contribution >= 0.6 is 0 Å². The smallest absolute Gasteiger partial charge is 0.158 e. The fourth-order valence-corrected chi connectivity index (χ4v) is 4.13. The Bertz CT molecular complexity index is 815. The van der Waals surface area contributed by atoms with E-state index in [0.29, 0.717) is 11.7 Å². The van der Waals surface area contributed by atoms with Gasteiger partial charge in [0.1, 0.15) is 11.8 Å². The van der Waals surface area contributed by atoms with Gasteiger partial charge < -0.3 is 9.45 Å². The SMILES string of the molecule is CC(C)CN(C)c1ccccc1C[S+]([O-])n1cnc2ccccc21. The van der Waals surface area contributed by atoms with E-state index < -0.39 is 11.4 Å². The Balaban J connectivity index is 1.86. The van der Waals surface area contributed by atoms with E-state index in [4.69, 9.17) is 0 Å². The van der Waals surface area contributed by atoms with Crippen molar-refractivity contribution in [3.05, 3.63) is 60.4 Å². The van der Waals surface area contributed by atoms with E-state index in [1.165, 1.54) is 0 Å². The summed E-state index contributed by atoms with van der Waals surface area (Å²) in [5, 5.41) is 0. The van der Waals surface area contributed by atoms with Crippen molar-refractivity contribution in [2.24, 2.45) is 5.92 Å². The first-order valence-corrected chi connectivity index (χ1v) is 9.44. The van der Waals surface area contributed by atoms with Crippen molar-refractivity contribution in [2.45, 2.75) is 19.6 Å². The van der Waals surface area contributed by atoms with Crippen LogP contribution in [0.2, 0.25) is 0 Å². The lowest BCUT2D eigenvalue weighted by Crippen LogP contribution is -2.24. The minimum absolute atomic E-state index is 0.471. The molecule has 3 rings (SSSR count). The number of benzene rings is 2. The summed E-state index contributed by atoms with van der Waals surface area (Å²) in [5.41, 5.74) is 4.01. The maximum absolute atomic E-state index is 12.9. The van der Waals surface area contributed by atoms with Crippen molar-refractivity contribution in [3.8, 4) is 0 Å². The van der Waals surface area contributed by atoms with Crippen molar-refractivity contribution >= 4 is 28.1 Å². The van der Waals surface area contributed by atoms with E-state index in [1.807, 2.05) is 36.4 Å². The molecule has 2 aromatic carbocycles. The van der Waals surface area contributed by atoms with Gasteiger partial charge in [0.2, 0.25) is 0 Å². The van der Waals surface area contributed by atoms with Gasteiger partial charge in [0.05, 0.1) is 16.9 Å². The summed E-state index contributed by atoms with van der Waals surface area (Å²) < 4.78 is 14.7. The number of aromatic nitrogens is 2. The van der Waals surface area contributed by atoms with Crippen LogP contribution in [0.4, 0.5) is 5.69 Å². The van der Waals surface area contributed by atoms with Crippen molar-refractivity contribution < 1.29 is 4.55 Å². The van der Waals surface area contributed by atoms with Crippen molar-refractivity contribution in [2.75, 3.05) is 18.5 Å². The molecule has 0 N–H and O–H groups in total. The molecule has 0 saturated carbocycles. The van der Waals surface area contributed by atoms with E-state index >= 15 is 0 Å². The second-order valence-electron chi connectivity index (χ2n) is 6.43. The highest BCUT2D eigenvalue weighted by Crippen LogP contribution is 2.24. The van der Waals surface area contributed by atoms with Crippen LogP contribution in [0.3, 0.4) is 0 Å². The summed E-state index contributed by atoms with van der Waals surface area (Å²) >= 11 is -1.19. The Labute approximate surface area is 146 Å². The molecule has 1 aromatic heterocycles. The van der Waals surface area contributed by atoms with Gasteiger partial charge in [-0.25, -0.2) is 4.98 Å². The second kappa shape index (κ2) is 7.28. The third-order valence-corrected chi connectivity index (χ3v) is 5.25. The minimum Gasteiger partial charge on any atom is -0.592 e. The molecule has 0 radical (unpaired) electrons. The maximum Gasteiger partial charge on any atom is 0.158 e. The highest BCUT2D eigenvalue weighted by Gasteiger charge is 2.18. The monoisotopic (exact) mass is 341 g/mol. The number of imidazole rings is 1. The molecule has 0 spiro atoms. The van der Waals surface area contributed by atoms with Gasteiger partial charge in [0.15, 0.2) is 5.75 Å². The predicted octanol–water partition coefficient (Wildman–Crippen LogP) is 3.84. The van der Waals surface area contributed by atoms with Crippen LogP contribution in [0, 0.1) is 5.92 Å². The number of nitrogens with zero attached hydrogens (tertiary/aromatic N) is 3. The molecule has 1 unspecified atom stereocenters. The van der Waals surface area contributed by atoms with Gasteiger partial charge in [-0.15, -0.1) is 0 Å². The van der Waals surface area contributed by atoms with Crippen molar-refractivity contribution in [1.82, 2.24) is 8.96 Å². The maximum atomic E-state index is 12.9. The van der Waals surface area contributed by atoms with Gasteiger partial charge in [0.25, 0.3) is 0 Å². The largest absolute Gasteiger partial charge is 0.592 e. The standard InChI is InChI=1S/C19H23N3OS/c1-15(2)12-21(3)18-10-6-4-8-16(18)13-24(23)22-14-20-17-9-5-7-11-19(17)22/h4-11,14-15H,12-13H2,1-3H3. The van der Waals surface area contributed by atoms with Gasteiger partial charge >= 0.3 is 0 Å². The van der Waals surface area contributed by atoms with Gasteiger partial charge in [-0.3, -0.25) is 0 Å². The van der Waals surface area contributed by atoms with Gasteiger partial charge in [-0.05, 0) is 24.1 Å². The number of hydrogen-bond acceptors (Lipinski definition) is 3. The molecule has 0 aliphatic rings. The van der Waals surface area contributed by atoms with Crippen LogP contribution < -0.4 is 4.90 Å². The zero-order chi connectivity index (χ0) is 17.1. The lowest BCUT2D eigenvalue weighted by atomic mass is 10.1. The zero-order valence-electron chi connectivity index (χ0n) is 14.3. The first-order valence-electron chi connectivity index (χ1n) is 8.16. The van der Waals surface area contributed by atoms with Gasteiger partial charge in [-0.1, -0.05) is 44.2 Å². The van der Waals surface area contributed by atoms with E-state index in [9.17, 15) is 4.55 Å². The molecule has 0 fully saturated rings. The fraction of sp³-hybridized carbons (Fsp3) is 0.316. The molecule has 0 bridgehead atoms. The molecular weight excluding hydrogens is 318 g/mol. The van der Waals surface area contributed by atoms with Crippen LogP contribution in [0.25, 0.3) is 11.0 Å². The number of para-hydroxylation sites is 3. The molecule has 0 aliphatic carbocycles. The lowest BCUT2D eigenvalue weighted by Gasteiger charge is -2.24. The van der Waals surface area contributed by atoms with Crippen molar-refractivity contribution in [3.63, 3.8) is 0 Å². The quantitative estimate of drug-likeness (QED) is 0.640. The van der Waals surface area contributed by atoms with Crippen LogP contribution in [0.15, 0.2) is 54.9 Å². The molecule has 0 aliphatic heterocycles. The first-order chi connectivity index (χ1) is 11.6. The molecule has 3 aromatic rings.